The molecule has 1 nitrogen and oxygen atoms in total. The largest absolute Gasteiger partial charge is 0.299 e. The van der Waals surface area contributed by atoms with Gasteiger partial charge in [-0.2, -0.15) is 0 Å². The summed E-state index contributed by atoms with van der Waals surface area (Å²) >= 11 is 0. The smallest absolute Gasteiger partial charge is 0.0371 e. The van der Waals surface area contributed by atoms with Crippen LogP contribution >= 0.6 is 0 Å². The molecule has 1 aliphatic rings. The Morgan fingerprint density at radius 3 is 2.46 bits per heavy atom. The number of rotatable bonds is 1. The van der Waals surface area contributed by atoms with Crippen LogP contribution in [0, 0.1) is 5.92 Å². The van der Waals surface area contributed by atoms with Gasteiger partial charge in [0, 0.05) is 6.04 Å². The van der Waals surface area contributed by atoms with Crippen LogP contribution in [-0.2, 0) is 0 Å². The fraction of sp³-hybridized carbons (Fsp3) is 0.500. The number of hydrogen-bond donors (Lipinski definition) is 0. The van der Waals surface area contributed by atoms with E-state index in [1.165, 1.54) is 18.5 Å². The standard InChI is InChI=1S/C12H17N/c1-10-8-9-13(2)12(10)11-6-4-3-5-7-11/h3-7,10,12H,8-9H2,1-2H3. The van der Waals surface area contributed by atoms with Crippen LogP contribution in [0.25, 0.3) is 0 Å². The van der Waals surface area contributed by atoms with Crippen molar-refractivity contribution in [1.29, 1.82) is 0 Å². The van der Waals surface area contributed by atoms with Crippen molar-refractivity contribution in [3.63, 3.8) is 0 Å². The second-order valence-corrected chi connectivity index (χ2v) is 4.10. The predicted octanol–water partition coefficient (Wildman–Crippen LogP) is 2.70. The van der Waals surface area contributed by atoms with Gasteiger partial charge in [-0.25, -0.2) is 0 Å². The van der Waals surface area contributed by atoms with E-state index in [0.717, 1.165) is 5.92 Å². The summed E-state index contributed by atoms with van der Waals surface area (Å²) in [5, 5.41) is 0. The summed E-state index contributed by atoms with van der Waals surface area (Å²) < 4.78 is 0. The van der Waals surface area contributed by atoms with Gasteiger partial charge in [0.05, 0.1) is 0 Å². The maximum atomic E-state index is 2.46. The van der Waals surface area contributed by atoms with Crippen molar-refractivity contribution in [3.05, 3.63) is 35.9 Å². The molecule has 1 fully saturated rings. The lowest BCUT2D eigenvalue weighted by molar-refractivity contribution is 0.285. The number of likely N-dealkylation sites (tertiary alicyclic amines) is 1. The highest BCUT2D eigenvalue weighted by atomic mass is 15.2. The Hall–Kier alpha value is -0.820. The number of benzene rings is 1. The minimum Gasteiger partial charge on any atom is -0.299 e. The third-order valence-electron chi connectivity index (χ3n) is 3.09. The molecular weight excluding hydrogens is 158 g/mol. The maximum Gasteiger partial charge on any atom is 0.0371 e. The van der Waals surface area contributed by atoms with Gasteiger partial charge in [0.1, 0.15) is 0 Å². The molecule has 0 N–H and O–H groups in total. The highest BCUT2D eigenvalue weighted by Gasteiger charge is 2.29. The van der Waals surface area contributed by atoms with Crippen molar-refractivity contribution >= 4 is 0 Å². The van der Waals surface area contributed by atoms with Crippen LogP contribution in [0.5, 0.6) is 0 Å². The monoisotopic (exact) mass is 175 g/mol. The topological polar surface area (TPSA) is 3.24 Å². The lowest BCUT2D eigenvalue weighted by Crippen LogP contribution is -2.19. The van der Waals surface area contributed by atoms with E-state index in [9.17, 15) is 0 Å². The highest BCUT2D eigenvalue weighted by molar-refractivity contribution is 5.20. The summed E-state index contributed by atoms with van der Waals surface area (Å²) in [7, 11) is 2.22. The number of nitrogens with zero attached hydrogens (tertiary/aromatic N) is 1. The molecule has 2 atom stereocenters. The average molecular weight is 175 g/mol. The maximum absolute atomic E-state index is 2.46. The van der Waals surface area contributed by atoms with E-state index in [2.05, 4.69) is 49.2 Å². The van der Waals surface area contributed by atoms with E-state index in [4.69, 9.17) is 0 Å². The van der Waals surface area contributed by atoms with Crippen LogP contribution in [0.2, 0.25) is 0 Å². The third-order valence-corrected chi connectivity index (χ3v) is 3.09. The zero-order valence-electron chi connectivity index (χ0n) is 8.40. The summed E-state index contributed by atoms with van der Waals surface area (Å²) in [6.45, 7) is 3.59. The second kappa shape index (κ2) is 3.51. The zero-order valence-corrected chi connectivity index (χ0v) is 8.40. The summed E-state index contributed by atoms with van der Waals surface area (Å²) in [5.41, 5.74) is 1.47. The van der Waals surface area contributed by atoms with E-state index >= 15 is 0 Å². The van der Waals surface area contributed by atoms with Gasteiger partial charge in [0.2, 0.25) is 0 Å². The van der Waals surface area contributed by atoms with Gasteiger partial charge in [-0.3, -0.25) is 4.90 Å². The minimum absolute atomic E-state index is 0.640. The van der Waals surface area contributed by atoms with Gasteiger partial charge in [0.15, 0.2) is 0 Å². The van der Waals surface area contributed by atoms with Crippen molar-refractivity contribution in [2.24, 2.45) is 5.92 Å². The van der Waals surface area contributed by atoms with Gasteiger partial charge < -0.3 is 0 Å². The molecule has 1 aromatic rings. The lowest BCUT2D eigenvalue weighted by Gasteiger charge is -2.23. The molecule has 70 valence electrons. The van der Waals surface area contributed by atoms with Crippen molar-refractivity contribution in [2.45, 2.75) is 19.4 Å². The SMILES string of the molecule is CC1CCN(C)C1c1ccccc1. The molecule has 0 bridgehead atoms. The summed E-state index contributed by atoms with van der Waals surface area (Å²) in [4.78, 5) is 2.46. The molecule has 0 saturated carbocycles. The van der Waals surface area contributed by atoms with Gasteiger partial charge >= 0.3 is 0 Å². The Bertz CT molecular complexity index is 258. The van der Waals surface area contributed by atoms with E-state index in [1.807, 2.05) is 0 Å². The molecular formula is C12H17N. The van der Waals surface area contributed by atoms with E-state index in [-0.39, 0.29) is 0 Å². The van der Waals surface area contributed by atoms with Crippen LogP contribution in [-0.4, -0.2) is 18.5 Å². The molecule has 0 amide bonds. The molecule has 1 saturated heterocycles. The van der Waals surface area contributed by atoms with Crippen molar-refractivity contribution < 1.29 is 0 Å². The zero-order chi connectivity index (χ0) is 9.26. The van der Waals surface area contributed by atoms with Gasteiger partial charge in [-0.05, 0) is 31.5 Å². The molecule has 0 aromatic heterocycles. The Morgan fingerprint density at radius 2 is 1.92 bits per heavy atom. The quantitative estimate of drug-likeness (QED) is 0.634. The normalized spacial score (nSPS) is 29.4. The molecule has 1 aliphatic heterocycles. The highest BCUT2D eigenvalue weighted by Crippen LogP contribution is 2.35. The first-order valence-corrected chi connectivity index (χ1v) is 5.04. The molecule has 0 aliphatic carbocycles. The fourth-order valence-electron chi connectivity index (χ4n) is 2.37. The van der Waals surface area contributed by atoms with Crippen LogP contribution in [0.3, 0.4) is 0 Å². The average Bonchev–Trinajstić information content (AvgIpc) is 2.48. The molecule has 1 heterocycles. The number of hydrogen-bond acceptors (Lipinski definition) is 1. The summed E-state index contributed by atoms with van der Waals surface area (Å²) in [5.74, 6) is 0.799. The second-order valence-electron chi connectivity index (χ2n) is 4.10. The Kier molecular flexibility index (Phi) is 2.36. The van der Waals surface area contributed by atoms with Gasteiger partial charge in [-0.1, -0.05) is 37.3 Å². The molecule has 1 aromatic carbocycles. The first-order valence-electron chi connectivity index (χ1n) is 5.04. The Morgan fingerprint density at radius 1 is 1.23 bits per heavy atom. The van der Waals surface area contributed by atoms with Gasteiger partial charge in [0.25, 0.3) is 0 Å². The predicted molar refractivity (Wildman–Crippen MR) is 55.6 cm³/mol. The lowest BCUT2D eigenvalue weighted by atomic mass is 9.96. The molecule has 13 heavy (non-hydrogen) atoms. The Labute approximate surface area is 80.4 Å². The van der Waals surface area contributed by atoms with Crippen molar-refractivity contribution in [3.8, 4) is 0 Å². The van der Waals surface area contributed by atoms with E-state index in [0.29, 0.717) is 6.04 Å². The first-order chi connectivity index (χ1) is 6.29. The molecule has 2 rings (SSSR count). The van der Waals surface area contributed by atoms with Crippen LogP contribution in [0.1, 0.15) is 24.9 Å². The molecule has 0 spiro atoms. The molecule has 2 unspecified atom stereocenters. The third kappa shape index (κ3) is 1.61. The van der Waals surface area contributed by atoms with E-state index < -0.39 is 0 Å². The fourth-order valence-corrected chi connectivity index (χ4v) is 2.37. The van der Waals surface area contributed by atoms with Crippen LogP contribution < -0.4 is 0 Å². The van der Waals surface area contributed by atoms with E-state index in [1.54, 1.807) is 0 Å². The summed E-state index contributed by atoms with van der Waals surface area (Å²) in [6.07, 6.45) is 1.33. The minimum atomic E-state index is 0.640. The van der Waals surface area contributed by atoms with Crippen molar-refractivity contribution in [2.75, 3.05) is 13.6 Å². The van der Waals surface area contributed by atoms with Crippen LogP contribution in [0.15, 0.2) is 30.3 Å². The van der Waals surface area contributed by atoms with Crippen molar-refractivity contribution in [1.82, 2.24) is 4.90 Å². The Balaban J connectivity index is 2.25. The molecule has 0 radical (unpaired) electrons. The first kappa shape index (κ1) is 8.76. The summed E-state index contributed by atoms with van der Waals surface area (Å²) in [6, 6.07) is 11.5. The van der Waals surface area contributed by atoms with Gasteiger partial charge in [-0.15, -0.1) is 0 Å². The van der Waals surface area contributed by atoms with Crippen LogP contribution in [0.4, 0.5) is 0 Å². The molecule has 1 heteroatoms.